The molecule has 4 aromatic rings. The van der Waals surface area contributed by atoms with Crippen molar-refractivity contribution in [3.63, 3.8) is 0 Å². The van der Waals surface area contributed by atoms with Crippen LogP contribution in [0.4, 0.5) is 5.82 Å². The van der Waals surface area contributed by atoms with Gasteiger partial charge in [-0.2, -0.15) is 0 Å². The SMILES string of the molecule is CCc1cc2c(NCc3ccc(OC)c(OC)c3)nc(-c3cnccn3)nc2s1. The Morgan fingerprint density at radius 3 is 2.62 bits per heavy atom. The lowest BCUT2D eigenvalue weighted by atomic mass is 10.2. The number of hydrogen-bond donors (Lipinski definition) is 1. The molecule has 0 unspecified atom stereocenters. The number of rotatable bonds is 7. The van der Waals surface area contributed by atoms with Crippen molar-refractivity contribution in [3.05, 3.63) is 53.3 Å². The van der Waals surface area contributed by atoms with Gasteiger partial charge in [-0.1, -0.05) is 13.0 Å². The standard InChI is InChI=1S/C21H21N5O2S/c1-4-14-10-15-19(24-11-13-5-6-17(27-2)18(9-13)28-3)25-20(26-21(15)29-14)16-12-22-7-8-23-16/h5-10,12H,4,11H2,1-3H3,(H,24,25,26). The van der Waals surface area contributed by atoms with E-state index in [0.29, 0.717) is 29.6 Å². The van der Waals surface area contributed by atoms with Crippen LogP contribution in [-0.4, -0.2) is 34.2 Å². The number of aromatic nitrogens is 4. The molecule has 0 radical (unpaired) electrons. The Morgan fingerprint density at radius 2 is 1.90 bits per heavy atom. The molecule has 0 atom stereocenters. The first-order valence-electron chi connectivity index (χ1n) is 9.23. The summed E-state index contributed by atoms with van der Waals surface area (Å²) in [7, 11) is 3.26. The van der Waals surface area contributed by atoms with Gasteiger partial charge in [0.25, 0.3) is 0 Å². The maximum Gasteiger partial charge on any atom is 0.183 e. The summed E-state index contributed by atoms with van der Waals surface area (Å²) in [6, 6.07) is 8.01. The second kappa shape index (κ2) is 8.40. The molecule has 3 heterocycles. The number of ether oxygens (including phenoxy) is 2. The highest BCUT2D eigenvalue weighted by Crippen LogP contribution is 2.32. The fraction of sp³-hybridized carbons (Fsp3) is 0.238. The van der Waals surface area contributed by atoms with Gasteiger partial charge in [-0.05, 0) is 30.2 Å². The number of aryl methyl sites for hydroxylation is 1. The third-order valence-electron chi connectivity index (χ3n) is 4.49. The van der Waals surface area contributed by atoms with Crippen LogP contribution in [0.2, 0.25) is 0 Å². The largest absolute Gasteiger partial charge is 0.493 e. The Hall–Kier alpha value is -3.26. The van der Waals surface area contributed by atoms with E-state index in [2.05, 4.69) is 28.3 Å². The van der Waals surface area contributed by atoms with Crippen molar-refractivity contribution in [1.29, 1.82) is 0 Å². The maximum atomic E-state index is 5.40. The maximum absolute atomic E-state index is 5.40. The first-order valence-corrected chi connectivity index (χ1v) is 10.0. The van der Waals surface area contributed by atoms with Crippen molar-refractivity contribution >= 4 is 27.4 Å². The van der Waals surface area contributed by atoms with E-state index < -0.39 is 0 Å². The van der Waals surface area contributed by atoms with Crippen LogP contribution in [0.25, 0.3) is 21.7 Å². The summed E-state index contributed by atoms with van der Waals surface area (Å²) in [6.07, 6.45) is 5.91. The summed E-state index contributed by atoms with van der Waals surface area (Å²) in [4.78, 5) is 20.1. The number of hydrogen-bond acceptors (Lipinski definition) is 8. The zero-order valence-electron chi connectivity index (χ0n) is 16.5. The van der Waals surface area contributed by atoms with E-state index in [9.17, 15) is 0 Å². The highest BCUT2D eigenvalue weighted by atomic mass is 32.1. The minimum Gasteiger partial charge on any atom is -0.493 e. The number of methoxy groups -OCH3 is 2. The molecule has 1 aromatic carbocycles. The zero-order chi connectivity index (χ0) is 20.2. The Labute approximate surface area is 172 Å². The van der Waals surface area contributed by atoms with Crippen molar-refractivity contribution in [3.8, 4) is 23.0 Å². The van der Waals surface area contributed by atoms with Crippen LogP contribution in [0.3, 0.4) is 0 Å². The molecule has 0 aliphatic rings. The van der Waals surface area contributed by atoms with Crippen molar-refractivity contribution in [2.45, 2.75) is 19.9 Å². The smallest absolute Gasteiger partial charge is 0.183 e. The van der Waals surface area contributed by atoms with Gasteiger partial charge in [0.2, 0.25) is 0 Å². The van der Waals surface area contributed by atoms with Crippen LogP contribution < -0.4 is 14.8 Å². The van der Waals surface area contributed by atoms with Gasteiger partial charge >= 0.3 is 0 Å². The van der Waals surface area contributed by atoms with Crippen molar-refractivity contribution in [2.24, 2.45) is 0 Å². The third-order valence-corrected chi connectivity index (χ3v) is 5.67. The van der Waals surface area contributed by atoms with Crippen molar-refractivity contribution in [2.75, 3.05) is 19.5 Å². The van der Waals surface area contributed by atoms with Crippen LogP contribution >= 0.6 is 11.3 Å². The minimum atomic E-state index is 0.560. The van der Waals surface area contributed by atoms with Crippen LogP contribution in [0, 0.1) is 0 Å². The summed E-state index contributed by atoms with van der Waals surface area (Å²) < 4.78 is 10.7. The molecular formula is C21H21N5O2S. The highest BCUT2D eigenvalue weighted by Gasteiger charge is 2.14. The van der Waals surface area contributed by atoms with Crippen LogP contribution in [0.1, 0.15) is 17.4 Å². The normalized spacial score (nSPS) is 10.9. The number of anilines is 1. The molecule has 1 N–H and O–H groups in total. The van der Waals surface area contributed by atoms with Gasteiger partial charge in [-0.25, -0.2) is 15.0 Å². The molecule has 4 rings (SSSR count). The van der Waals surface area contributed by atoms with E-state index in [0.717, 1.165) is 28.0 Å². The Bertz CT molecular complexity index is 1130. The second-order valence-corrected chi connectivity index (χ2v) is 7.43. The fourth-order valence-electron chi connectivity index (χ4n) is 2.99. The summed E-state index contributed by atoms with van der Waals surface area (Å²) in [5.41, 5.74) is 1.71. The molecule has 0 spiro atoms. The Balaban J connectivity index is 1.69. The Morgan fingerprint density at radius 1 is 1.03 bits per heavy atom. The predicted octanol–water partition coefficient (Wildman–Crippen LogP) is 4.34. The molecule has 0 saturated heterocycles. The molecule has 0 fully saturated rings. The van der Waals surface area contributed by atoms with Crippen molar-refractivity contribution in [1.82, 2.24) is 19.9 Å². The number of benzene rings is 1. The lowest BCUT2D eigenvalue weighted by Gasteiger charge is -2.11. The quantitative estimate of drug-likeness (QED) is 0.488. The van der Waals surface area contributed by atoms with E-state index in [1.54, 1.807) is 44.1 Å². The average Bonchev–Trinajstić information content (AvgIpc) is 3.21. The monoisotopic (exact) mass is 407 g/mol. The predicted molar refractivity (Wildman–Crippen MR) is 115 cm³/mol. The Kier molecular flexibility index (Phi) is 5.53. The summed E-state index contributed by atoms with van der Waals surface area (Å²) in [5.74, 6) is 2.74. The van der Waals surface area contributed by atoms with Crippen LogP contribution in [0.5, 0.6) is 11.5 Å². The summed E-state index contributed by atoms with van der Waals surface area (Å²) >= 11 is 1.68. The van der Waals surface area contributed by atoms with Crippen LogP contribution in [-0.2, 0) is 13.0 Å². The molecule has 29 heavy (non-hydrogen) atoms. The third kappa shape index (κ3) is 3.97. The minimum absolute atomic E-state index is 0.560. The van der Waals surface area contributed by atoms with Crippen molar-refractivity contribution < 1.29 is 9.47 Å². The summed E-state index contributed by atoms with van der Waals surface area (Å²) in [5, 5.41) is 4.47. The van der Waals surface area contributed by atoms with E-state index in [4.69, 9.17) is 19.4 Å². The van der Waals surface area contributed by atoms with Crippen LogP contribution in [0.15, 0.2) is 42.9 Å². The lowest BCUT2D eigenvalue weighted by molar-refractivity contribution is 0.354. The van der Waals surface area contributed by atoms with E-state index >= 15 is 0 Å². The average molecular weight is 407 g/mol. The second-order valence-electron chi connectivity index (χ2n) is 6.31. The molecule has 0 aliphatic carbocycles. The molecular weight excluding hydrogens is 386 g/mol. The molecule has 148 valence electrons. The van der Waals surface area contributed by atoms with Gasteiger partial charge in [0.15, 0.2) is 17.3 Å². The number of nitrogens with zero attached hydrogens (tertiary/aromatic N) is 4. The van der Waals surface area contributed by atoms with E-state index in [1.807, 2.05) is 18.2 Å². The first-order chi connectivity index (χ1) is 14.2. The fourth-order valence-corrected chi connectivity index (χ4v) is 3.95. The van der Waals surface area contributed by atoms with E-state index in [1.165, 1.54) is 4.88 Å². The van der Waals surface area contributed by atoms with Gasteiger partial charge in [0, 0.05) is 23.8 Å². The van der Waals surface area contributed by atoms with E-state index in [-0.39, 0.29) is 0 Å². The van der Waals surface area contributed by atoms with Gasteiger partial charge in [-0.3, -0.25) is 4.98 Å². The van der Waals surface area contributed by atoms with Gasteiger partial charge in [0.1, 0.15) is 16.3 Å². The number of fused-ring (bicyclic) bond motifs is 1. The number of nitrogens with one attached hydrogen (secondary N) is 1. The molecule has 0 saturated carbocycles. The van der Waals surface area contributed by atoms with Gasteiger partial charge < -0.3 is 14.8 Å². The lowest BCUT2D eigenvalue weighted by Crippen LogP contribution is -2.04. The number of thiophene rings is 1. The molecule has 7 nitrogen and oxygen atoms in total. The van der Waals surface area contributed by atoms with Gasteiger partial charge in [-0.15, -0.1) is 11.3 Å². The summed E-state index contributed by atoms with van der Waals surface area (Å²) in [6.45, 7) is 2.72. The highest BCUT2D eigenvalue weighted by molar-refractivity contribution is 7.18. The molecule has 0 bridgehead atoms. The first kappa shape index (κ1) is 19.1. The molecule has 8 heteroatoms. The van der Waals surface area contributed by atoms with Gasteiger partial charge in [0.05, 0.1) is 25.8 Å². The topological polar surface area (TPSA) is 82.0 Å². The molecule has 3 aromatic heterocycles. The molecule has 0 amide bonds. The zero-order valence-corrected chi connectivity index (χ0v) is 17.3. The molecule has 0 aliphatic heterocycles.